The number of rotatable bonds is 7. The third-order valence-corrected chi connectivity index (χ3v) is 6.35. The number of alkyl halides is 6. The van der Waals surface area contributed by atoms with E-state index < -0.39 is 30.8 Å². The van der Waals surface area contributed by atoms with Crippen LogP contribution in [0, 0.1) is 0 Å². The molecule has 0 spiro atoms. The molecule has 0 unspecified atom stereocenters. The molecular weight excluding hydrogens is 532 g/mol. The Kier molecular flexibility index (Phi) is 8.28. The molecule has 15 heteroatoms. The second kappa shape index (κ2) is 11.5. The number of tetrazole rings is 1. The fourth-order valence-electron chi connectivity index (χ4n) is 4.52. The predicted octanol–water partition coefficient (Wildman–Crippen LogP) is 3.91. The maximum atomic E-state index is 13.3. The van der Waals surface area contributed by atoms with Crippen LogP contribution < -0.4 is 15.4 Å². The first-order valence-corrected chi connectivity index (χ1v) is 11.9. The Balaban J connectivity index is 1.53. The van der Waals surface area contributed by atoms with Crippen molar-refractivity contribution in [2.75, 3.05) is 26.7 Å². The smallest absolute Gasteiger partial charge is 0.453 e. The second-order valence-electron chi connectivity index (χ2n) is 8.92. The van der Waals surface area contributed by atoms with Crippen molar-refractivity contribution in [3.63, 3.8) is 0 Å². The number of piperidine rings is 1. The van der Waals surface area contributed by atoms with E-state index in [1.165, 1.54) is 30.2 Å². The van der Waals surface area contributed by atoms with Gasteiger partial charge < -0.3 is 20.3 Å². The van der Waals surface area contributed by atoms with Crippen molar-refractivity contribution in [2.45, 2.75) is 37.3 Å². The van der Waals surface area contributed by atoms with Gasteiger partial charge in [0.2, 0.25) is 0 Å². The van der Waals surface area contributed by atoms with Gasteiger partial charge in [-0.15, -0.1) is 5.10 Å². The lowest BCUT2D eigenvalue weighted by atomic mass is 9.86. The molecule has 0 aliphatic carbocycles. The van der Waals surface area contributed by atoms with Crippen molar-refractivity contribution < 1.29 is 35.9 Å². The van der Waals surface area contributed by atoms with E-state index in [1.54, 1.807) is 0 Å². The van der Waals surface area contributed by atoms with Crippen molar-refractivity contribution in [2.24, 2.45) is 0 Å². The fraction of sp³-hybridized carbons (Fsp3) is 0.417. The Morgan fingerprint density at radius 2 is 1.85 bits per heavy atom. The number of urea groups is 1. The van der Waals surface area contributed by atoms with E-state index in [0.717, 1.165) is 5.56 Å². The van der Waals surface area contributed by atoms with Gasteiger partial charge >= 0.3 is 18.4 Å². The minimum atomic E-state index is -4.76. The quantitative estimate of drug-likeness (QED) is 0.428. The zero-order chi connectivity index (χ0) is 28.2. The lowest BCUT2D eigenvalue weighted by Crippen LogP contribution is -2.53. The predicted molar refractivity (Wildman–Crippen MR) is 126 cm³/mol. The van der Waals surface area contributed by atoms with E-state index in [9.17, 15) is 31.1 Å². The molecule has 39 heavy (non-hydrogen) atoms. The molecule has 1 aliphatic rings. The molecule has 0 saturated carbocycles. The van der Waals surface area contributed by atoms with Gasteiger partial charge in [0.05, 0.1) is 12.8 Å². The fourth-order valence-corrected chi connectivity index (χ4v) is 4.52. The number of aromatic nitrogens is 4. The normalized spacial score (nSPS) is 18.2. The van der Waals surface area contributed by atoms with Gasteiger partial charge in [0.1, 0.15) is 12.3 Å². The van der Waals surface area contributed by atoms with Gasteiger partial charge in [-0.3, -0.25) is 0 Å². The van der Waals surface area contributed by atoms with Crippen LogP contribution in [0.2, 0.25) is 0 Å². The Hall–Kier alpha value is -3.88. The van der Waals surface area contributed by atoms with Gasteiger partial charge in [-0.2, -0.15) is 31.0 Å². The first-order valence-electron chi connectivity index (χ1n) is 11.9. The van der Waals surface area contributed by atoms with Crippen LogP contribution in [0.15, 0.2) is 48.5 Å². The number of amides is 2. The topological polar surface area (TPSA) is 97.2 Å². The van der Waals surface area contributed by atoms with Crippen LogP contribution in [-0.2, 0) is 12.7 Å². The van der Waals surface area contributed by atoms with Gasteiger partial charge in [0, 0.05) is 37.2 Å². The standard InChI is InChI=1S/C24H25F6N7O2/c1-39-20-8-7-17(37-21(24(28,29)30)33-34-35-37)11-16(20)12-31-19-9-10-36(22(38)32-14-23(25,26)27)13-18(19)15-5-3-2-4-6-15/h2-8,11,18-19,31H,9-10,12-14H2,1H3,(H,32,38)/t18-,19-/m0/s1. The van der Waals surface area contributed by atoms with E-state index in [-0.39, 0.29) is 37.3 Å². The SMILES string of the molecule is COc1ccc(-n2nnnc2C(F)(F)F)cc1CN[C@H]1CCN(C(=O)NCC(F)(F)F)C[C@H]1c1ccccc1. The van der Waals surface area contributed by atoms with Crippen LogP contribution in [-0.4, -0.2) is 70.1 Å². The lowest BCUT2D eigenvalue weighted by Gasteiger charge is -2.39. The number of methoxy groups -OCH3 is 1. The highest BCUT2D eigenvalue weighted by molar-refractivity contribution is 5.74. The average Bonchev–Trinajstić information content (AvgIpc) is 3.41. The Labute approximate surface area is 219 Å². The van der Waals surface area contributed by atoms with Gasteiger partial charge in [-0.05, 0) is 40.6 Å². The summed E-state index contributed by atoms with van der Waals surface area (Å²) in [4.78, 5) is 13.8. The number of hydrogen-bond donors (Lipinski definition) is 2. The largest absolute Gasteiger partial charge is 0.496 e. The molecule has 1 aliphatic heterocycles. The van der Waals surface area contributed by atoms with E-state index in [2.05, 4.69) is 20.8 Å². The molecule has 4 rings (SSSR count). The molecule has 1 aromatic heterocycles. The number of carbonyl (C=O) groups excluding carboxylic acids is 1. The molecule has 2 heterocycles. The summed E-state index contributed by atoms with van der Waals surface area (Å²) >= 11 is 0. The highest BCUT2D eigenvalue weighted by Gasteiger charge is 2.39. The molecular formula is C24H25F6N7O2. The highest BCUT2D eigenvalue weighted by atomic mass is 19.4. The van der Waals surface area contributed by atoms with Crippen LogP contribution in [0.1, 0.15) is 29.3 Å². The lowest BCUT2D eigenvalue weighted by molar-refractivity contribution is -0.146. The molecule has 1 saturated heterocycles. The molecule has 2 atom stereocenters. The molecule has 2 amide bonds. The van der Waals surface area contributed by atoms with E-state index in [0.29, 0.717) is 22.4 Å². The number of nitrogens with zero attached hydrogens (tertiary/aromatic N) is 5. The summed E-state index contributed by atoms with van der Waals surface area (Å²) in [5.41, 5.74) is 1.50. The van der Waals surface area contributed by atoms with Gasteiger partial charge in [0.25, 0.3) is 5.82 Å². The molecule has 0 bridgehead atoms. The average molecular weight is 557 g/mol. The number of halogens is 6. The van der Waals surface area contributed by atoms with Crippen molar-refractivity contribution in [3.8, 4) is 11.4 Å². The summed E-state index contributed by atoms with van der Waals surface area (Å²) in [6.07, 6.45) is -8.86. The van der Waals surface area contributed by atoms with Gasteiger partial charge in [-0.25, -0.2) is 4.79 Å². The Morgan fingerprint density at radius 1 is 1.10 bits per heavy atom. The monoisotopic (exact) mass is 557 g/mol. The van der Waals surface area contributed by atoms with Crippen molar-refractivity contribution in [1.82, 2.24) is 35.7 Å². The van der Waals surface area contributed by atoms with Gasteiger partial charge in [0.15, 0.2) is 0 Å². The highest BCUT2D eigenvalue weighted by Crippen LogP contribution is 2.31. The maximum absolute atomic E-state index is 13.3. The Morgan fingerprint density at radius 3 is 2.51 bits per heavy atom. The first-order chi connectivity index (χ1) is 18.5. The number of ether oxygens (including phenoxy) is 1. The van der Waals surface area contributed by atoms with E-state index in [1.807, 2.05) is 35.6 Å². The van der Waals surface area contributed by atoms with Crippen LogP contribution in [0.3, 0.4) is 0 Å². The van der Waals surface area contributed by atoms with Crippen LogP contribution in [0.25, 0.3) is 5.69 Å². The van der Waals surface area contributed by atoms with E-state index >= 15 is 0 Å². The number of nitrogens with one attached hydrogen (secondary N) is 2. The number of carbonyl (C=O) groups is 1. The third kappa shape index (κ3) is 6.96. The van der Waals surface area contributed by atoms with Crippen molar-refractivity contribution >= 4 is 6.03 Å². The summed E-state index contributed by atoms with van der Waals surface area (Å²) in [6.45, 7) is -0.855. The minimum Gasteiger partial charge on any atom is -0.496 e. The summed E-state index contributed by atoms with van der Waals surface area (Å²) in [5, 5.41) is 15.0. The van der Waals surface area contributed by atoms with Gasteiger partial charge in [-0.1, -0.05) is 30.3 Å². The molecule has 9 nitrogen and oxygen atoms in total. The molecule has 210 valence electrons. The van der Waals surface area contributed by atoms with Crippen LogP contribution >= 0.6 is 0 Å². The number of hydrogen-bond acceptors (Lipinski definition) is 6. The van der Waals surface area contributed by atoms with Crippen molar-refractivity contribution in [1.29, 1.82) is 0 Å². The maximum Gasteiger partial charge on any atom is 0.453 e. The Bertz CT molecular complexity index is 1270. The molecule has 2 N–H and O–H groups in total. The summed E-state index contributed by atoms with van der Waals surface area (Å²) < 4.78 is 83.7. The first kappa shape index (κ1) is 28.1. The van der Waals surface area contributed by atoms with Crippen LogP contribution in [0.4, 0.5) is 31.1 Å². The second-order valence-corrected chi connectivity index (χ2v) is 8.92. The number of benzene rings is 2. The zero-order valence-electron chi connectivity index (χ0n) is 20.6. The molecule has 2 aromatic carbocycles. The third-order valence-electron chi connectivity index (χ3n) is 6.35. The molecule has 1 fully saturated rings. The van der Waals surface area contributed by atoms with Crippen LogP contribution in [0.5, 0.6) is 5.75 Å². The van der Waals surface area contributed by atoms with E-state index in [4.69, 9.17) is 4.74 Å². The summed E-state index contributed by atoms with van der Waals surface area (Å²) in [6, 6.07) is 12.6. The summed E-state index contributed by atoms with van der Waals surface area (Å²) in [7, 11) is 1.43. The molecule has 3 aromatic rings. The van der Waals surface area contributed by atoms with Crippen molar-refractivity contribution in [3.05, 3.63) is 65.5 Å². The molecule has 0 radical (unpaired) electrons. The number of likely N-dealkylation sites (tertiary alicyclic amines) is 1. The summed E-state index contributed by atoms with van der Waals surface area (Å²) in [5.74, 6) is -1.11. The zero-order valence-corrected chi connectivity index (χ0v) is 20.6. The minimum absolute atomic E-state index is 0.0840.